The van der Waals surface area contributed by atoms with Gasteiger partial charge in [-0.3, -0.25) is 0 Å². The van der Waals surface area contributed by atoms with E-state index < -0.39 is 18.0 Å². The lowest BCUT2D eigenvalue weighted by atomic mass is 10.2. The molecule has 5 nitrogen and oxygen atoms in total. The molecule has 80 valence electrons. The van der Waals surface area contributed by atoms with Gasteiger partial charge in [0.25, 0.3) is 0 Å². The lowest BCUT2D eigenvalue weighted by molar-refractivity contribution is -0.139. The third-order valence-electron chi connectivity index (χ3n) is 1.56. The van der Waals surface area contributed by atoms with Crippen molar-refractivity contribution in [3.8, 4) is 0 Å². The topological polar surface area (TPSA) is 78.4 Å². The van der Waals surface area contributed by atoms with Crippen LogP contribution in [0.4, 0.5) is 4.79 Å². The van der Waals surface area contributed by atoms with Gasteiger partial charge in [-0.25, -0.2) is 9.59 Å². The number of carboxylic acid groups (broad SMARTS) is 1. The van der Waals surface area contributed by atoms with Crippen LogP contribution in [0, 0.1) is 0 Å². The number of amides is 2. The molecule has 0 spiro atoms. The maximum Gasteiger partial charge on any atom is 0.326 e. The molecule has 0 saturated carbocycles. The zero-order chi connectivity index (χ0) is 11.1. The van der Waals surface area contributed by atoms with Gasteiger partial charge in [0.2, 0.25) is 0 Å². The molecule has 0 aliphatic carbocycles. The number of carboxylic acids is 1. The molecular formula is C9H16N2O3. The number of hydrogen-bond donors (Lipinski definition) is 3. The lowest BCUT2D eigenvalue weighted by Gasteiger charge is -2.12. The van der Waals surface area contributed by atoms with E-state index in [1.54, 1.807) is 13.8 Å². The Labute approximate surface area is 83.2 Å². The summed E-state index contributed by atoms with van der Waals surface area (Å²) in [5, 5.41) is 13.5. The first-order valence-corrected chi connectivity index (χ1v) is 4.39. The first kappa shape index (κ1) is 12.5. The van der Waals surface area contributed by atoms with E-state index in [-0.39, 0.29) is 0 Å². The number of aliphatic carboxylic acids is 1. The highest BCUT2D eigenvalue weighted by molar-refractivity contribution is 5.82. The molecule has 2 amide bonds. The Morgan fingerprint density at radius 3 is 2.43 bits per heavy atom. The summed E-state index contributed by atoms with van der Waals surface area (Å²) in [6.07, 6.45) is 0.357. The first-order chi connectivity index (χ1) is 6.47. The van der Waals surface area contributed by atoms with Gasteiger partial charge in [-0.2, -0.15) is 0 Å². The average Bonchev–Trinajstić information content (AvgIpc) is 2.10. The number of carbonyl (C=O) groups is 2. The predicted molar refractivity (Wildman–Crippen MR) is 53.1 cm³/mol. The van der Waals surface area contributed by atoms with Crippen LogP contribution in [0.1, 0.15) is 20.3 Å². The summed E-state index contributed by atoms with van der Waals surface area (Å²) < 4.78 is 0. The van der Waals surface area contributed by atoms with Gasteiger partial charge in [-0.1, -0.05) is 19.1 Å². The van der Waals surface area contributed by atoms with Gasteiger partial charge >= 0.3 is 12.0 Å². The molecular weight excluding hydrogens is 184 g/mol. The Hall–Kier alpha value is -1.52. The zero-order valence-corrected chi connectivity index (χ0v) is 8.46. The van der Waals surface area contributed by atoms with Crippen LogP contribution in [0.15, 0.2) is 12.2 Å². The number of urea groups is 1. The first-order valence-electron chi connectivity index (χ1n) is 4.39. The second kappa shape index (κ2) is 6.01. The van der Waals surface area contributed by atoms with Crippen LogP contribution >= 0.6 is 0 Å². The number of rotatable bonds is 5. The Balaban J connectivity index is 3.91. The maximum atomic E-state index is 11.1. The third-order valence-corrected chi connectivity index (χ3v) is 1.56. The van der Waals surface area contributed by atoms with Crippen LogP contribution in [-0.2, 0) is 4.79 Å². The molecule has 0 fully saturated rings. The van der Waals surface area contributed by atoms with Gasteiger partial charge in [0, 0.05) is 6.54 Å². The summed E-state index contributed by atoms with van der Waals surface area (Å²) in [7, 11) is 0. The van der Waals surface area contributed by atoms with Crippen molar-refractivity contribution in [2.75, 3.05) is 6.54 Å². The SMILES string of the molecule is C=C(C)CNC(=O)N[C@H](CC)C(=O)O. The number of nitrogens with one attached hydrogen (secondary N) is 2. The highest BCUT2D eigenvalue weighted by Gasteiger charge is 2.16. The molecule has 1 atom stereocenters. The van der Waals surface area contributed by atoms with Crippen molar-refractivity contribution in [2.45, 2.75) is 26.3 Å². The fourth-order valence-corrected chi connectivity index (χ4v) is 0.779. The predicted octanol–water partition coefficient (Wildman–Crippen LogP) is 0.725. The van der Waals surface area contributed by atoms with Crippen LogP contribution in [0.5, 0.6) is 0 Å². The number of hydrogen-bond acceptors (Lipinski definition) is 2. The minimum Gasteiger partial charge on any atom is -0.480 e. The van der Waals surface area contributed by atoms with Crippen molar-refractivity contribution in [3.63, 3.8) is 0 Å². The molecule has 0 saturated heterocycles. The smallest absolute Gasteiger partial charge is 0.326 e. The van der Waals surface area contributed by atoms with E-state index in [1.165, 1.54) is 0 Å². The summed E-state index contributed by atoms with van der Waals surface area (Å²) in [6, 6.07) is -1.32. The van der Waals surface area contributed by atoms with Crippen molar-refractivity contribution in [2.24, 2.45) is 0 Å². The van der Waals surface area contributed by atoms with Crippen molar-refractivity contribution < 1.29 is 14.7 Å². The maximum absolute atomic E-state index is 11.1. The van der Waals surface area contributed by atoms with Gasteiger partial charge in [0.1, 0.15) is 6.04 Å². The fraction of sp³-hybridized carbons (Fsp3) is 0.556. The van der Waals surface area contributed by atoms with E-state index >= 15 is 0 Å². The van der Waals surface area contributed by atoms with E-state index in [9.17, 15) is 9.59 Å². The third kappa shape index (κ3) is 5.18. The zero-order valence-electron chi connectivity index (χ0n) is 8.46. The second-order valence-electron chi connectivity index (χ2n) is 3.08. The average molecular weight is 200 g/mol. The highest BCUT2D eigenvalue weighted by atomic mass is 16.4. The van der Waals surface area contributed by atoms with Crippen LogP contribution < -0.4 is 10.6 Å². The standard InChI is InChI=1S/C9H16N2O3/c1-4-7(8(12)13)11-9(14)10-5-6(2)3/h7H,2,4-5H2,1,3H3,(H,12,13)(H2,10,11,14)/t7-/m1/s1. The molecule has 0 aliphatic heterocycles. The van der Waals surface area contributed by atoms with Gasteiger partial charge in [0.15, 0.2) is 0 Å². The summed E-state index contributed by atoms with van der Waals surface area (Å²) >= 11 is 0. The largest absolute Gasteiger partial charge is 0.480 e. The molecule has 0 aromatic rings. The Kier molecular flexibility index (Phi) is 5.36. The van der Waals surface area contributed by atoms with E-state index in [0.717, 1.165) is 5.57 Å². The molecule has 5 heteroatoms. The Morgan fingerprint density at radius 2 is 2.07 bits per heavy atom. The molecule has 14 heavy (non-hydrogen) atoms. The van der Waals surface area contributed by atoms with Gasteiger partial charge in [0.05, 0.1) is 0 Å². The van der Waals surface area contributed by atoms with Crippen molar-refractivity contribution in [3.05, 3.63) is 12.2 Å². The molecule has 0 aromatic heterocycles. The quantitative estimate of drug-likeness (QED) is 0.572. The molecule has 0 aliphatic rings. The Bertz CT molecular complexity index is 238. The summed E-state index contributed by atoms with van der Waals surface area (Å²) in [5.41, 5.74) is 0.809. The van der Waals surface area contributed by atoms with Crippen molar-refractivity contribution in [1.82, 2.24) is 10.6 Å². The molecule has 0 unspecified atom stereocenters. The van der Waals surface area contributed by atoms with Crippen LogP contribution in [0.2, 0.25) is 0 Å². The van der Waals surface area contributed by atoms with Crippen LogP contribution in [0.25, 0.3) is 0 Å². The van der Waals surface area contributed by atoms with Crippen molar-refractivity contribution >= 4 is 12.0 Å². The minimum absolute atomic E-state index is 0.349. The van der Waals surface area contributed by atoms with Gasteiger partial charge in [-0.15, -0.1) is 0 Å². The molecule has 0 bridgehead atoms. The molecule has 0 aromatic carbocycles. The van der Waals surface area contributed by atoms with Crippen LogP contribution in [0.3, 0.4) is 0 Å². The summed E-state index contributed by atoms with van der Waals surface area (Å²) in [6.45, 7) is 7.42. The molecule has 0 radical (unpaired) electrons. The Morgan fingerprint density at radius 1 is 1.50 bits per heavy atom. The lowest BCUT2D eigenvalue weighted by Crippen LogP contribution is -2.45. The normalized spacial score (nSPS) is 11.6. The van der Waals surface area contributed by atoms with E-state index in [2.05, 4.69) is 17.2 Å². The highest BCUT2D eigenvalue weighted by Crippen LogP contribution is 1.90. The van der Waals surface area contributed by atoms with E-state index in [4.69, 9.17) is 5.11 Å². The van der Waals surface area contributed by atoms with E-state index in [0.29, 0.717) is 13.0 Å². The molecule has 0 heterocycles. The van der Waals surface area contributed by atoms with Crippen LogP contribution in [-0.4, -0.2) is 29.7 Å². The fourth-order valence-electron chi connectivity index (χ4n) is 0.779. The second-order valence-corrected chi connectivity index (χ2v) is 3.08. The van der Waals surface area contributed by atoms with Gasteiger partial charge < -0.3 is 15.7 Å². The summed E-state index contributed by atoms with van der Waals surface area (Å²) in [5.74, 6) is -1.03. The number of carbonyl (C=O) groups excluding carboxylic acids is 1. The monoisotopic (exact) mass is 200 g/mol. The molecule has 3 N–H and O–H groups in total. The van der Waals surface area contributed by atoms with Crippen molar-refractivity contribution in [1.29, 1.82) is 0 Å². The summed E-state index contributed by atoms with van der Waals surface area (Å²) in [4.78, 5) is 21.6. The minimum atomic E-state index is -1.03. The van der Waals surface area contributed by atoms with E-state index in [1.807, 2.05) is 0 Å². The van der Waals surface area contributed by atoms with Gasteiger partial charge in [-0.05, 0) is 13.3 Å². The molecule has 0 rings (SSSR count).